The number of likely N-dealkylation sites (tertiary alicyclic amines) is 1. The fraction of sp³-hybridized carbons (Fsp3) is 0.294. The van der Waals surface area contributed by atoms with E-state index in [1.54, 1.807) is 18.5 Å². The number of ketones is 1. The lowest BCUT2D eigenvalue weighted by atomic mass is 9.91. The first kappa shape index (κ1) is 27.6. The van der Waals surface area contributed by atoms with E-state index in [0.29, 0.717) is 17.9 Å². The normalized spacial score (nSPS) is 16.6. The van der Waals surface area contributed by atoms with E-state index < -0.39 is 0 Å². The van der Waals surface area contributed by atoms with Gasteiger partial charge in [-0.25, -0.2) is 4.98 Å². The minimum absolute atomic E-state index is 0.447. The van der Waals surface area contributed by atoms with E-state index >= 15 is 0 Å². The number of rotatable bonds is 5. The fourth-order valence-electron chi connectivity index (χ4n) is 5.98. The molecule has 0 atom stereocenters. The number of para-hydroxylation sites is 1. The topological polar surface area (TPSA) is 99.2 Å². The van der Waals surface area contributed by atoms with Crippen LogP contribution in [0, 0.1) is 0 Å². The van der Waals surface area contributed by atoms with Crippen LogP contribution < -0.4 is 10.5 Å². The van der Waals surface area contributed by atoms with Gasteiger partial charge < -0.3 is 19.9 Å². The second-order valence-corrected chi connectivity index (χ2v) is 11.0. The number of Topliss-reactive ketones (excluding diaryl/α,β-unsaturated/α-hetero) is 1. The van der Waals surface area contributed by atoms with Crippen LogP contribution in [0.3, 0.4) is 0 Å². The number of nitrogen functional groups attached to an aromatic ring is 1. The maximum Gasteiger partial charge on any atom is 0.133 e. The van der Waals surface area contributed by atoms with Crippen molar-refractivity contribution < 1.29 is 9.53 Å². The summed E-state index contributed by atoms with van der Waals surface area (Å²) >= 11 is 0. The molecule has 4 aliphatic rings. The Kier molecular flexibility index (Phi) is 8.51. The number of pyridine rings is 1. The van der Waals surface area contributed by atoms with Crippen LogP contribution in [0.2, 0.25) is 0 Å². The number of carbonyl (C=O) groups excluding carboxylic acids is 1. The molecule has 4 heterocycles. The number of nitrogens with two attached hydrogens (primary N) is 1. The zero-order valence-electron chi connectivity index (χ0n) is 23.7. The number of benzene rings is 2. The van der Waals surface area contributed by atoms with Crippen molar-refractivity contribution in [2.45, 2.75) is 50.6 Å². The molecule has 0 unspecified atom stereocenters. The molecule has 0 radical (unpaired) electrons. The maximum absolute atomic E-state index is 11.4. The van der Waals surface area contributed by atoms with Crippen molar-refractivity contribution >= 4 is 11.5 Å². The highest BCUT2D eigenvalue weighted by Gasteiger charge is 2.29. The first-order valence-electron chi connectivity index (χ1n) is 14.7. The number of anilines is 1. The van der Waals surface area contributed by atoms with Crippen LogP contribution in [0.4, 0.5) is 5.69 Å². The molecular formula is C34H36N6O2. The lowest BCUT2D eigenvalue weighted by Crippen LogP contribution is -2.43. The van der Waals surface area contributed by atoms with Gasteiger partial charge in [-0.1, -0.05) is 30.3 Å². The van der Waals surface area contributed by atoms with Gasteiger partial charge in [0.1, 0.15) is 17.3 Å². The highest BCUT2D eigenvalue weighted by Crippen LogP contribution is 2.32. The molecule has 1 saturated heterocycles. The number of carbonyl (C=O) groups is 1. The molecule has 2 N–H and O–H groups in total. The summed E-state index contributed by atoms with van der Waals surface area (Å²) in [5.41, 5.74) is 10.9. The average molecular weight is 561 g/mol. The average Bonchev–Trinajstić information content (AvgIpc) is 3.53. The smallest absolute Gasteiger partial charge is 0.133 e. The van der Waals surface area contributed by atoms with Crippen molar-refractivity contribution in [3.63, 3.8) is 0 Å². The predicted molar refractivity (Wildman–Crippen MR) is 164 cm³/mol. The molecule has 8 heteroatoms. The van der Waals surface area contributed by atoms with E-state index in [2.05, 4.69) is 24.4 Å². The predicted octanol–water partition coefficient (Wildman–Crippen LogP) is 6.65. The lowest BCUT2D eigenvalue weighted by molar-refractivity contribution is -0.121. The van der Waals surface area contributed by atoms with Gasteiger partial charge in [0.15, 0.2) is 0 Å². The Labute approximate surface area is 246 Å². The van der Waals surface area contributed by atoms with Gasteiger partial charge in [0.05, 0.1) is 18.2 Å². The van der Waals surface area contributed by atoms with Gasteiger partial charge >= 0.3 is 0 Å². The quantitative estimate of drug-likeness (QED) is 0.257. The first-order chi connectivity index (χ1) is 20.6. The molecule has 8 nitrogen and oxygen atoms in total. The Balaban J connectivity index is 0.000000151. The Morgan fingerprint density at radius 3 is 2.17 bits per heavy atom. The summed E-state index contributed by atoms with van der Waals surface area (Å²) in [7, 11) is 0. The summed E-state index contributed by atoms with van der Waals surface area (Å²) in [6.07, 6.45) is 17.1. The molecule has 3 aliphatic heterocycles. The van der Waals surface area contributed by atoms with Crippen molar-refractivity contribution in [2.24, 2.45) is 0 Å². The summed E-state index contributed by atoms with van der Waals surface area (Å²) in [4.78, 5) is 26.7. The van der Waals surface area contributed by atoms with Crippen LogP contribution in [0.25, 0.3) is 22.4 Å². The molecule has 2 fully saturated rings. The van der Waals surface area contributed by atoms with Crippen LogP contribution >= 0.6 is 0 Å². The first-order valence-corrected chi connectivity index (χ1v) is 14.7. The summed E-state index contributed by atoms with van der Waals surface area (Å²) < 4.78 is 8.05. The van der Waals surface area contributed by atoms with E-state index in [1.807, 2.05) is 79.5 Å². The second-order valence-electron chi connectivity index (χ2n) is 11.0. The second kappa shape index (κ2) is 13.0. The largest absolute Gasteiger partial charge is 0.457 e. The number of nitrogens with zero attached hydrogens (tertiary/aromatic N) is 5. The molecule has 2 aromatic carbocycles. The minimum Gasteiger partial charge on any atom is -0.457 e. The van der Waals surface area contributed by atoms with E-state index in [-0.39, 0.29) is 0 Å². The summed E-state index contributed by atoms with van der Waals surface area (Å²) in [6, 6.07) is 20.4. The van der Waals surface area contributed by atoms with Crippen molar-refractivity contribution in [3.8, 4) is 33.9 Å². The SMILES string of the molecule is Nc1ccncc1-c1ccc(Oc2ccccc2)cc1.O=C1CCC(N2CCC(n3cncc4cncc3-4)CC2)CC1. The van der Waals surface area contributed by atoms with E-state index in [0.717, 1.165) is 85.5 Å². The number of aromatic nitrogens is 4. The van der Waals surface area contributed by atoms with Gasteiger partial charge in [0.25, 0.3) is 0 Å². The van der Waals surface area contributed by atoms with E-state index in [9.17, 15) is 4.79 Å². The zero-order valence-corrected chi connectivity index (χ0v) is 23.7. The summed E-state index contributed by atoms with van der Waals surface area (Å²) in [6.45, 7) is 2.25. The highest BCUT2D eigenvalue weighted by molar-refractivity contribution is 5.79. The van der Waals surface area contributed by atoms with Gasteiger partial charge in [0.2, 0.25) is 0 Å². The molecule has 0 amide bonds. The number of hydrogen-bond acceptors (Lipinski definition) is 7. The molecule has 42 heavy (non-hydrogen) atoms. The number of hydrogen-bond donors (Lipinski definition) is 1. The molecule has 3 aromatic rings. The summed E-state index contributed by atoms with van der Waals surface area (Å²) in [5, 5.41) is 0. The van der Waals surface area contributed by atoms with Crippen LogP contribution in [-0.4, -0.2) is 49.3 Å². The van der Waals surface area contributed by atoms with Crippen LogP contribution in [-0.2, 0) is 4.79 Å². The number of ether oxygens (including phenoxy) is 1. The van der Waals surface area contributed by atoms with Crippen molar-refractivity contribution in [2.75, 3.05) is 18.8 Å². The number of piperidine rings is 1. The van der Waals surface area contributed by atoms with Crippen molar-refractivity contribution in [3.05, 3.63) is 98.0 Å². The van der Waals surface area contributed by atoms with Gasteiger partial charge in [-0.05, 0) is 61.6 Å². The van der Waals surface area contributed by atoms with Gasteiger partial charge in [-0.3, -0.25) is 14.8 Å². The van der Waals surface area contributed by atoms with Crippen LogP contribution in [0.5, 0.6) is 11.5 Å². The highest BCUT2D eigenvalue weighted by atomic mass is 16.5. The Morgan fingerprint density at radius 1 is 0.714 bits per heavy atom. The third-order valence-electron chi connectivity index (χ3n) is 8.31. The molecule has 0 bridgehead atoms. The third kappa shape index (κ3) is 6.50. The standard InChI is InChI=1S/C17H22N4O.C17H14N2O/c22-16-3-1-14(2-4-16)20-7-5-15(6-8-20)21-12-19-10-13-9-18-11-17(13)21;18-17-10-11-19-12-16(17)13-6-8-15(9-7-13)20-14-4-2-1-3-5-14/h9-12,14-15H,1-8H2;1-12H,(H2,18,19). The molecule has 1 saturated carbocycles. The minimum atomic E-state index is 0.447. The molecule has 214 valence electrons. The van der Waals surface area contributed by atoms with Gasteiger partial charge in [-0.15, -0.1) is 0 Å². The summed E-state index contributed by atoms with van der Waals surface area (Å²) in [5.74, 6) is 2.06. The Morgan fingerprint density at radius 2 is 1.43 bits per heavy atom. The van der Waals surface area contributed by atoms with Crippen molar-refractivity contribution in [1.29, 1.82) is 0 Å². The molecule has 1 aliphatic carbocycles. The fourth-order valence-corrected chi connectivity index (χ4v) is 5.98. The van der Waals surface area contributed by atoms with Gasteiger partial charge in [-0.2, -0.15) is 0 Å². The lowest BCUT2D eigenvalue weighted by Gasteiger charge is -2.39. The van der Waals surface area contributed by atoms with E-state index in [1.165, 1.54) is 5.69 Å². The Hall–Kier alpha value is -4.56. The van der Waals surface area contributed by atoms with Crippen LogP contribution in [0.15, 0.2) is 98.0 Å². The number of fused-ring (bicyclic) bond motifs is 1. The molecule has 0 spiro atoms. The zero-order chi connectivity index (χ0) is 28.7. The molecule has 7 rings (SSSR count). The van der Waals surface area contributed by atoms with Crippen LogP contribution in [0.1, 0.15) is 44.6 Å². The third-order valence-corrected chi connectivity index (χ3v) is 8.31. The molecule has 1 aromatic heterocycles. The maximum atomic E-state index is 11.4. The molecular weight excluding hydrogens is 524 g/mol. The van der Waals surface area contributed by atoms with Gasteiger partial charge in [0, 0.05) is 79.6 Å². The van der Waals surface area contributed by atoms with E-state index in [4.69, 9.17) is 10.5 Å². The monoisotopic (exact) mass is 560 g/mol. The van der Waals surface area contributed by atoms with Crippen molar-refractivity contribution in [1.82, 2.24) is 24.4 Å². The Bertz CT molecular complexity index is 1550.